The molecule has 0 saturated heterocycles. The summed E-state index contributed by atoms with van der Waals surface area (Å²) < 4.78 is 14.1. The van der Waals surface area contributed by atoms with Gasteiger partial charge in [0, 0.05) is 4.88 Å². The van der Waals surface area contributed by atoms with Crippen molar-refractivity contribution >= 4 is 28.6 Å². The van der Waals surface area contributed by atoms with Crippen molar-refractivity contribution < 1.29 is 4.39 Å². The van der Waals surface area contributed by atoms with Crippen LogP contribution in [0.15, 0.2) is 36.4 Å². The van der Waals surface area contributed by atoms with Crippen LogP contribution in [-0.4, -0.2) is 0 Å². The molecular formula is C12H11ClFNS. The monoisotopic (exact) mass is 255 g/mol. The molecule has 1 atom stereocenters. The summed E-state index contributed by atoms with van der Waals surface area (Å²) in [4.78, 5) is 1.09. The van der Waals surface area contributed by atoms with E-state index in [-0.39, 0.29) is 11.9 Å². The quantitative estimate of drug-likeness (QED) is 0.837. The molecule has 1 nitrogen and oxygen atoms in total. The van der Waals surface area contributed by atoms with Crippen molar-refractivity contribution in [3.63, 3.8) is 0 Å². The predicted octanol–water partition coefficient (Wildman–Crippen LogP) is 4.71. The summed E-state index contributed by atoms with van der Waals surface area (Å²) >= 11 is 7.36. The summed E-state index contributed by atoms with van der Waals surface area (Å²) in [6.07, 6.45) is 0. The Labute approximate surface area is 103 Å². The fourth-order valence-corrected chi connectivity index (χ4v) is 2.51. The van der Waals surface area contributed by atoms with Crippen molar-refractivity contribution in [2.75, 3.05) is 5.32 Å². The van der Waals surface area contributed by atoms with E-state index in [2.05, 4.69) is 5.32 Å². The van der Waals surface area contributed by atoms with Crippen LogP contribution in [0.3, 0.4) is 0 Å². The highest BCUT2D eigenvalue weighted by Gasteiger charge is 2.09. The van der Waals surface area contributed by atoms with Gasteiger partial charge in [0.05, 0.1) is 16.1 Å². The summed E-state index contributed by atoms with van der Waals surface area (Å²) in [6, 6.07) is 10.5. The van der Waals surface area contributed by atoms with E-state index in [1.165, 1.54) is 17.4 Å². The molecule has 0 saturated carbocycles. The summed E-state index contributed by atoms with van der Waals surface area (Å²) in [5.74, 6) is -0.239. The Balaban J connectivity index is 2.13. The normalized spacial score (nSPS) is 12.4. The van der Waals surface area contributed by atoms with Crippen LogP contribution < -0.4 is 5.32 Å². The minimum absolute atomic E-state index is 0.0504. The highest BCUT2D eigenvalue weighted by Crippen LogP contribution is 2.29. The lowest BCUT2D eigenvalue weighted by Crippen LogP contribution is -2.06. The van der Waals surface area contributed by atoms with Crippen molar-refractivity contribution in [3.05, 3.63) is 51.4 Å². The van der Waals surface area contributed by atoms with Crippen LogP contribution in [0.25, 0.3) is 0 Å². The molecule has 1 heterocycles. The van der Waals surface area contributed by atoms with Crippen LogP contribution in [0.5, 0.6) is 0 Å². The second kappa shape index (κ2) is 4.85. The summed E-state index contributed by atoms with van der Waals surface area (Å²) in [5.41, 5.74) is 0.513. The van der Waals surface area contributed by atoms with Gasteiger partial charge < -0.3 is 5.32 Å². The molecule has 0 aliphatic heterocycles. The number of hydrogen-bond donors (Lipinski definition) is 1. The van der Waals surface area contributed by atoms with Gasteiger partial charge in [-0.25, -0.2) is 4.39 Å². The molecule has 1 aromatic carbocycles. The number of benzene rings is 1. The molecule has 0 spiro atoms. The van der Waals surface area contributed by atoms with Crippen molar-refractivity contribution in [2.45, 2.75) is 13.0 Å². The number of thiophene rings is 1. The predicted molar refractivity (Wildman–Crippen MR) is 67.8 cm³/mol. The van der Waals surface area contributed by atoms with Crippen molar-refractivity contribution in [1.29, 1.82) is 0 Å². The first-order valence-electron chi connectivity index (χ1n) is 4.93. The number of nitrogens with one attached hydrogen (secondary N) is 1. The van der Waals surface area contributed by atoms with Crippen molar-refractivity contribution in [1.82, 2.24) is 0 Å². The maximum Gasteiger partial charge on any atom is 0.146 e. The van der Waals surface area contributed by atoms with E-state index in [1.807, 2.05) is 19.1 Å². The molecule has 4 heteroatoms. The van der Waals surface area contributed by atoms with Gasteiger partial charge in [0.15, 0.2) is 0 Å². The van der Waals surface area contributed by atoms with Gasteiger partial charge in [-0.2, -0.15) is 0 Å². The molecule has 0 radical (unpaired) electrons. The van der Waals surface area contributed by atoms with Crippen LogP contribution in [0.1, 0.15) is 17.8 Å². The molecule has 1 unspecified atom stereocenters. The van der Waals surface area contributed by atoms with E-state index in [9.17, 15) is 4.39 Å². The van der Waals surface area contributed by atoms with E-state index >= 15 is 0 Å². The Hall–Kier alpha value is -1.06. The average Bonchev–Trinajstić information content (AvgIpc) is 2.68. The lowest BCUT2D eigenvalue weighted by atomic mass is 10.2. The fourth-order valence-electron chi connectivity index (χ4n) is 1.44. The fraction of sp³-hybridized carbons (Fsp3) is 0.167. The Morgan fingerprint density at radius 3 is 2.62 bits per heavy atom. The minimum Gasteiger partial charge on any atom is -0.375 e. The summed E-state index contributed by atoms with van der Waals surface area (Å²) in [5, 5.41) is 3.12. The van der Waals surface area contributed by atoms with Gasteiger partial charge in [-0.3, -0.25) is 0 Å². The summed E-state index contributed by atoms with van der Waals surface area (Å²) in [7, 11) is 0. The SMILES string of the molecule is CC(Nc1ccccc1F)c1ccc(Cl)s1. The molecule has 1 N–H and O–H groups in total. The van der Waals surface area contributed by atoms with Gasteiger partial charge in [0.1, 0.15) is 5.82 Å². The second-order valence-electron chi connectivity index (χ2n) is 3.49. The first-order valence-corrected chi connectivity index (χ1v) is 6.12. The zero-order valence-corrected chi connectivity index (χ0v) is 10.3. The van der Waals surface area contributed by atoms with Crippen molar-refractivity contribution in [3.8, 4) is 0 Å². The molecular weight excluding hydrogens is 245 g/mol. The molecule has 0 amide bonds. The van der Waals surface area contributed by atoms with Crippen LogP contribution in [-0.2, 0) is 0 Å². The van der Waals surface area contributed by atoms with Gasteiger partial charge in [0.25, 0.3) is 0 Å². The minimum atomic E-state index is -0.239. The molecule has 1 aromatic heterocycles. The van der Waals surface area contributed by atoms with Gasteiger partial charge in [-0.05, 0) is 31.2 Å². The third kappa shape index (κ3) is 2.54. The van der Waals surface area contributed by atoms with E-state index < -0.39 is 0 Å². The van der Waals surface area contributed by atoms with Crippen LogP contribution in [0.4, 0.5) is 10.1 Å². The lowest BCUT2D eigenvalue weighted by Gasteiger charge is -2.13. The molecule has 0 bridgehead atoms. The van der Waals surface area contributed by atoms with Gasteiger partial charge in [-0.1, -0.05) is 23.7 Å². The van der Waals surface area contributed by atoms with Crippen LogP contribution in [0, 0.1) is 5.82 Å². The molecule has 0 aliphatic carbocycles. The maximum absolute atomic E-state index is 13.4. The average molecular weight is 256 g/mol. The number of halogens is 2. The maximum atomic E-state index is 13.4. The zero-order chi connectivity index (χ0) is 11.5. The number of hydrogen-bond acceptors (Lipinski definition) is 2. The highest BCUT2D eigenvalue weighted by atomic mass is 35.5. The first kappa shape index (κ1) is 11.4. The molecule has 0 fully saturated rings. The Morgan fingerprint density at radius 2 is 2.00 bits per heavy atom. The Kier molecular flexibility index (Phi) is 3.46. The smallest absolute Gasteiger partial charge is 0.146 e. The van der Waals surface area contributed by atoms with E-state index in [1.54, 1.807) is 18.2 Å². The molecule has 16 heavy (non-hydrogen) atoms. The van der Waals surface area contributed by atoms with E-state index in [4.69, 9.17) is 11.6 Å². The lowest BCUT2D eigenvalue weighted by molar-refractivity contribution is 0.628. The van der Waals surface area contributed by atoms with Gasteiger partial charge >= 0.3 is 0 Å². The first-order chi connectivity index (χ1) is 7.66. The highest BCUT2D eigenvalue weighted by molar-refractivity contribution is 7.16. The van der Waals surface area contributed by atoms with E-state index in [0.717, 1.165) is 9.21 Å². The molecule has 0 aliphatic rings. The van der Waals surface area contributed by atoms with Gasteiger partial charge in [0.2, 0.25) is 0 Å². The topological polar surface area (TPSA) is 12.0 Å². The largest absolute Gasteiger partial charge is 0.375 e. The molecule has 2 rings (SSSR count). The number of rotatable bonds is 3. The third-order valence-electron chi connectivity index (χ3n) is 2.27. The van der Waals surface area contributed by atoms with E-state index in [0.29, 0.717) is 5.69 Å². The Bertz CT molecular complexity index is 483. The number of anilines is 1. The standard InChI is InChI=1S/C12H11ClFNS/c1-8(11-6-7-12(13)16-11)15-10-5-3-2-4-9(10)14/h2-8,15H,1H3. The van der Waals surface area contributed by atoms with Crippen molar-refractivity contribution in [2.24, 2.45) is 0 Å². The zero-order valence-electron chi connectivity index (χ0n) is 8.71. The number of para-hydroxylation sites is 1. The summed E-state index contributed by atoms with van der Waals surface area (Å²) in [6.45, 7) is 1.98. The third-order valence-corrected chi connectivity index (χ3v) is 3.68. The van der Waals surface area contributed by atoms with Gasteiger partial charge in [-0.15, -0.1) is 11.3 Å². The molecule has 2 aromatic rings. The second-order valence-corrected chi connectivity index (χ2v) is 5.23. The molecule has 84 valence electrons. The Morgan fingerprint density at radius 1 is 1.25 bits per heavy atom. The van der Waals surface area contributed by atoms with Crippen LogP contribution in [0.2, 0.25) is 4.34 Å². The van der Waals surface area contributed by atoms with Crippen LogP contribution >= 0.6 is 22.9 Å².